The maximum Gasteiger partial charge on any atom is 0.293 e. The van der Waals surface area contributed by atoms with E-state index in [-0.39, 0.29) is 17.2 Å². The Morgan fingerprint density at radius 3 is 2.72 bits per heavy atom. The van der Waals surface area contributed by atoms with Crippen molar-refractivity contribution >= 4 is 56.3 Å². The summed E-state index contributed by atoms with van der Waals surface area (Å²) in [6.07, 6.45) is 2.55. The fraction of sp³-hybridized carbons (Fsp3) is 0.333. The molecule has 1 atom stereocenters. The van der Waals surface area contributed by atoms with E-state index in [0.29, 0.717) is 4.91 Å². The number of halogens is 1. The van der Waals surface area contributed by atoms with Gasteiger partial charge in [0.25, 0.3) is 11.1 Å². The van der Waals surface area contributed by atoms with Crippen LogP contribution in [-0.2, 0) is 4.79 Å². The number of rotatable bonds is 3. The lowest BCUT2D eigenvalue weighted by Gasteiger charge is -2.19. The number of thiophene rings is 1. The molecule has 0 radical (unpaired) electrons. The Morgan fingerprint density at radius 2 is 2.17 bits per heavy atom. The average molecular weight is 346 g/mol. The van der Waals surface area contributed by atoms with E-state index in [9.17, 15) is 9.59 Å². The quantitative estimate of drug-likeness (QED) is 0.764. The molecule has 6 heteroatoms. The molecule has 18 heavy (non-hydrogen) atoms. The fourth-order valence-corrected chi connectivity index (χ4v) is 3.94. The maximum atomic E-state index is 12.1. The third-order valence-corrected chi connectivity index (χ3v) is 5.18. The normalized spacial score (nSPS) is 19.9. The van der Waals surface area contributed by atoms with Gasteiger partial charge < -0.3 is 0 Å². The van der Waals surface area contributed by atoms with Crippen LogP contribution in [0.1, 0.15) is 25.1 Å². The summed E-state index contributed by atoms with van der Waals surface area (Å²) in [5, 5.41) is -0.170. The Hall–Kier alpha value is -0.590. The number of carbonyl (C=O) groups is 2. The molecule has 0 unspecified atom stereocenters. The molecule has 0 aliphatic carbocycles. The van der Waals surface area contributed by atoms with Crippen LogP contribution in [0.2, 0.25) is 0 Å². The van der Waals surface area contributed by atoms with Crippen LogP contribution in [0, 0.1) is 0 Å². The summed E-state index contributed by atoms with van der Waals surface area (Å²) in [4.78, 5) is 26.8. The first-order valence-electron chi connectivity index (χ1n) is 5.55. The molecule has 96 valence electrons. The number of nitrogens with zero attached hydrogens (tertiary/aromatic N) is 1. The van der Waals surface area contributed by atoms with Crippen LogP contribution >= 0.6 is 39.0 Å². The lowest BCUT2D eigenvalue weighted by molar-refractivity contribution is -0.124. The van der Waals surface area contributed by atoms with Crippen molar-refractivity contribution in [2.45, 2.75) is 26.3 Å². The number of hydrogen-bond acceptors (Lipinski definition) is 4. The first-order valence-corrected chi connectivity index (χ1v) is 7.98. The number of carbonyl (C=O) groups excluding carboxylic acids is 2. The van der Waals surface area contributed by atoms with E-state index in [1.807, 2.05) is 26.0 Å². The van der Waals surface area contributed by atoms with E-state index < -0.39 is 0 Å². The molecule has 2 rings (SSSR count). The van der Waals surface area contributed by atoms with Crippen molar-refractivity contribution in [1.29, 1.82) is 0 Å². The number of thioether (sulfide) groups is 1. The SMILES string of the molecule is CC[C@@H](C)N1C(=O)S/C(=C/c2ccc(Br)s2)C1=O. The highest BCUT2D eigenvalue weighted by Gasteiger charge is 2.37. The third kappa shape index (κ3) is 2.70. The van der Waals surface area contributed by atoms with Crippen LogP contribution in [0.15, 0.2) is 20.8 Å². The number of hydrogen-bond donors (Lipinski definition) is 0. The van der Waals surface area contributed by atoms with E-state index in [1.54, 1.807) is 6.08 Å². The molecule has 0 saturated carbocycles. The second kappa shape index (κ2) is 5.59. The molecular formula is C12H12BrNO2S2. The molecule has 1 aromatic heterocycles. The Morgan fingerprint density at radius 1 is 1.44 bits per heavy atom. The molecule has 1 fully saturated rings. The van der Waals surface area contributed by atoms with Crippen molar-refractivity contribution in [1.82, 2.24) is 4.90 Å². The highest BCUT2D eigenvalue weighted by Crippen LogP contribution is 2.35. The van der Waals surface area contributed by atoms with Gasteiger partial charge in [-0.2, -0.15) is 0 Å². The lowest BCUT2D eigenvalue weighted by Crippen LogP contribution is -2.36. The second-order valence-corrected chi connectivity index (χ2v) is 7.44. The van der Waals surface area contributed by atoms with Crippen LogP contribution in [0.5, 0.6) is 0 Å². The van der Waals surface area contributed by atoms with Crippen molar-refractivity contribution in [3.63, 3.8) is 0 Å². The minimum absolute atomic E-state index is 0.0431. The molecule has 0 bridgehead atoms. The molecular weight excluding hydrogens is 334 g/mol. The van der Waals surface area contributed by atoms with Crippen LogP contribution in [0.4, 0.5) is 4.79 Å². The van der Waals surface area contributed by atoms with E-state index >= 15 is 0 Å². The van der Waals surface area contributed by atoms with Crippen LogP contribution in [-0.4, -0.2) is 22.1 Å². The fourth-order valence-electron chi connectivity index (χ4n) is 1.58. The van der Waals surface area contributed by atoms with Crippen molar-refractivity contribution in [2.24, 2.45) is 0 Å². The lowest BCUT2D eigenvalue weighted by atomic mass is 10.2. The summed E-state index contributed by atoms with van der Waals surface area (Å²) in [5.74, 6) is -0.177. The molecule has 0 spiro atoms. The summed E-state index contributed by atoms with van der Waals surface area (Å²) in [5.41, 5.74) is 0. The molecule has 0 N–H and O–H groups in total. The first kappa shape index (κ1) is 13.8. The highest BCUT2D eigenvalue weighted by atomic mass is 79.9. The van der Waals surface area contributed by atoms with Gasteiger partial charge in [-0.25, -0.2) is 0 Å². The van der Waals surface area contributed by atoms with Gasteiger partial charge >= 0.3 is 0 Å². The van der Waals surface area contributed by atoms with Crippen LogP contribution in [0.3, 0.4) is 0 Å². The van der Waals surface area contributed by atoms with Gasteiger partial charge in [0, 0.05) is 10.9 Å². The summed E-state index contributed by atoms with van der Waals surface area (Å²) < 4.78 is 1.01. The van der Waals surface area contributed by atoms with Gasteiger partial charge in [-0.15, -0.1) is 11.3 Å². The van der Waals surface area contributed by atoms with E-state index in [0.717, 1.165) is 26.8 Å². The topological polar surface area (TPSA) is 37.4 Å². The van der Waals surface area contributed by atoms with Gasteiger partial charge in [-0.3, -0.25) is 14.5 Å². The van der Waals surface area contributed by atoms with Gasteiger partial charge in [0.1, 0.15) is 0 Å². The number of imide groups is 1. The molecule has 2 heterocycles. The zero-order valence-corrected chi connectivity index (χ0v) is 13.2. The Kier molecular flexibility index (Phi) is 4.29. The standard InChI is InChI=1S/C12H12BrNO2S2/c1-3-7(2)14-11(15)9(18-12(14)16)6-8-4-5-10(13)17-8/h4-7H,3H2,1-2H3/b9-6+/t7-/m1/s1. The highest BCUT2D eigenvalue weighted by molar-refractivity contribution is 9.11. The minimum Gasteiger partial charge on any atom is -0.268 e. The van der Waals surface area contributed by atoms with Gasteiger partial charge in [-0.1, -0.05) is 6.92 Å². The third-order valence-electron chi connectivity index (χ3n) is 2.72. The predicted octanol–water partition coefficient (Wildman–Crippen LogP) is 4.35. The molecule has 1 aromatic rings. The van der Waals surface area contributed by atoms with Crippen molar-refractivity contribution in [3.8, 4) is 0 Å². The minimum atomic E-state index is -0.177. The first-order chi connectivity index (χ1) is 8.52. The van der Waals surface area contributed by atoms with Crippen molar-refractivity contribution < 1.29 is 9.59 Å². The summed E-state index contributed by atoms with van der Waals surface area (Å²) in [6.45, 7) is 3.86. The summed E-state index contributed by atoms with van der Waals surface area (Å²) in [6, 6.07) is 3.81. The summed E-state index contributed by atoms with van der Waals surface area (Å²) in [7, 11) is 0. The molecule has 2 amide bonds. The van der Waals surface area contributed by atoms with Crippen molar-refractivity contribution in [2.75, 3.05) is 0 Å². The zero-order valence-electron chi connectivity index (χ0n) is 9.97. The maximum absolute atomic E-state index is 12.1. The molecule has 3 nitrogen and oxygen atoms in total. The van der Waals surface area contributed by atoms with Crippen LogP contribution < -0.4 is 0 Å². The Labute approximate surface area is 122 Å². The predicted molar refractivity (Wildman–Crippen MR) is 79.6 cm³/mol. The largest absolute Gasteiger partial charge is 0.293 e. The second-order valence-electron chi connectivity index (χ2n) is 3.95. The van der Waals surface area contributed by atoms with E-state index in [4.69, 9.17) is 0 Å². The van der Waals surface area contributed by atoms with Crippen LogP contribution in [0.25, 0.3) is 6.08 Å². The zero-order chi connectivity index (χ0) is 13.3. The van der Waals surface area contributed by atoms with Crippen molar-refractivity contribution in [3.05, 3.63) is 25.7 Å². The van der Waals surface area contributed by atoms with Gasteiger partial charge in [-0.05, 0) is 59.2 Å². The molecule has 0 aromatic carbocycles. The van der Waals surface area contributed by atoms with E-state index in [2.05, 4.69) is 15.9 Å². The monoisotopic (exact) mass is 345 g/mol. The van der Waals surface area contributed by atoms with E-state index in [1.165, 1.54) is 16.2 Å². The molecule has 1 aliphatic rings. The van der Waals surface area contributed by atoms with Gasteiger partial charge in [0.15, 0.2) is 0 Å². The smallest absolute Gasteiger partial charge is 0.268 e. The average Bonchev–Trinajstić information content (AvgIpc) is 2.84. The van der Waals surface area contributed by atoms with Gasteiger partial charge in [0.05, 0.1) is 8.69 Å². The Balaban J connectivity index is 2.25. The number of amides is 2. The Bertz CT molecular complexity index is 524. The molecule has 1 aliphatic heterocycles. The molecule has 1 saturated heterocycles. The summed E-state index contributed by atoms with van der Waals surface area (Å²) >= 11 is 5.93. The van der Waals surface area contributed by atoms with Gasteiger partial charge in [0.2, 0.25) is 0 Å².